The molecule has 0 saturated carbocycles. The van der Waals surface area contributed by atoms with Crippen molar-refractivity contribution in [1.29, 1.82) is 0 Å². The number of rotatable bonds is 22. The average molecular weight is 457 g/mol. The van der Waals surface area contributed by atoms with Crippen molar-refractivity contribution in [2.75, 3.05) is 0 Å². The van der Waals surface area contributed by atoms with Crippen LogP contribution >= 0.6 is 0 Å². The molecule has 4 nitrogen and oxygen atoms in total. The van der Waals surface area contributed by atoms with E-state index in [4.69, 9.17) is 0 Å². The summed E-state index contributed by atoms with van der Waals surface area (Å²) in [5, 5.41) is 9.26. The zero-order valence-electron chi connectivity index (χ0n) is 20.4. The molecular weight excluding hydrogens is 407 g/mol. The number of hydrogen-bond donors (Lipinski definition) is 1. The van der Waals surface area contributed by atoms with Crippen LogP contribution in [0.1, 0.15) is 142 Å². The van der Waals surface area contributed by atoms with E-state index in [0.29, 0.717) is 19.3 Å². The third kappa shape index (κ3) is 22.1. The Morgan fingerprint density at radius 3 is 1.40 bits per heavy atom. The molecule has 0 bridgehead atoms. The molecule has 30 heavy (non-hydrogen) atoms. The summed E-state index contributed by atoms with van der Waals surface area (Å²) in [5.41, 5.74) is 0. The van der Waals surface area contributed by atoms with Gasteiger partial charge in [0, 0.05) is 5.25 Å². The summed E-state index contributed by atoms with van der Waals surface area (Å²) >= 11 is 0. The molecule has 0 heterocycles. The Morgan fingerprint density at radius 2 is 1.00 bits per heavy atom. The number of unbranched alkanes of at least 4 members (excludes halogenated alkanes) is 14. The molecular formula is C24H49NaO4S. The van der Waals surface area contributed by atoms with Crippen molar-refractivity contribution in [2.24, 2.45) is 0 Å². The Kier molecular flexibility index (Phi) is 25.4. The van der Waals surface area contributed by atoms with Gasteiger partial charge in [-0.1, -0.05) is 117 Å². The smallest absolute Gasteiger partial charge is 0.748 e. The zero-order chi connectivity index (χ0) is 21.8. The molecule has 0 amide bonds. The molecule has 6 heteroatoms. The second-order valence-electron chi connectivity index (χ2n) is 8.87. The first-order valence-corrected chi connectivity index (χ1v) is 14.0. The van der Waals surface area contributed by atoms with E-state index in [0.717, 1.165) is 32.1 Å². The van der Waals surface area contributed by atoms with Crippen molar-refractivity contribution in [2.45, 2.75) is 154 Å². The van der Waals surface area contributed by atoms with Gasteiger partial charge >= 0.3 is 29.6 Å². The molecule has 0 fully saturated rings. The van der Waals surface area contributed by atoms with Gasteiger partial charge in [-0.2, -0.15) is 0 Å². The van der Waals surface area contributed by atoms with Crippen molar-refractivity contribution < 1.29 is 47.6 Å². The van der Waals surface area contributed by atoms with Crippen LogP contribution < -0.4 is 29.6 Å². The molecule has 176 valence electrons. The van der Waals surface area contributed by atoms with Gasteiger partial charge in [0.05, 0.1) is 16.2 Å². The van der Waals surface area contributed by atoms with Gasteiger partial charge in [0.25, 0.3) is 0 Å². The quantitative estimate of drug-likeness (QED) is 0.151. The summed E-state index contributed by atoms with van der Waals surface area (Å²) in [5.74, 6) is 0. The molecule has 0 aliphatic rings. The van der Waals surface area contributed by atoms with Crippen molar-refractivity contribution in [3.8, 4) is 0 Å². The molecule has 1 N–H and O–H groups in total. The SMILES string of the molecule is CCCCCCCCCCCCCCCCC(O)CCC(CCCC)S(=O)(=O)[O-].[Na+]. The maximum absolute atomic E-state index is 11.3. The molecule has 0 aromatic carbocycles. The van der Waals surface area contributed by atoms with E-state index in [-0.39, 0.29) is 29.6 Å². The van der Waals surface area contributed by atoms with Crippen LogP contribution in [-0.4, -0.2) is 29.4 Å². The first kappa shape index (κ1) is 33.0. The predicted octanol–water partition coefficient (Wildman–Crippen LogP) is 4.11. The third-order valence-electron chi connectivity index (χ3n) is 6.00. The van der Waals surface area contributed by atoms with E-state index >= 15 is 0 Å². The van der Waals surface area contributed by atoms with Crippen LogP contribution in [0.5, 0.6) is 0 Å². The van der Waals surface area contributed by atoms with Crippen LogP contribution in [-0.2, 0) is 10.1 Å². The summed E-state index contributed by atoms with van der Waals surface area (Å²) in [6.45, 7) is 4.25. The molecule has 0 radical (unpaired) electrons. The summed E-state index contributed by atoms with van der Waals surface area (Å²) in [4.78, 5) is 0. The Balaban J connectivity index is 0. The van der Waals surface area contributed by atoms with E-state index in [2.05, 4.69) is 6.92 Å². The number of aliphatic hydroxyl groups is 1. The second kappa shape index (κ2) is 23.0. The number of aliphatic hydroxyl groups excluding tert-OH is 1. The van der Waals surface area contributed by atoms with Gasteiger partial charge in [0.1, 0.15) is 0 Å². The standard InChI is InChI=1S/C24H50O4S.Na/c1-3-5-7-8-9-10-11-12-13-14-15-16-17-18-19-23(25)21-22-24(20-6-4-2)29(26,27)28;/h23-25H,3-22H2,1-2H3,(H,26,27,28);/q;+1/p-1. The molecule has 2 atom stereocenters. The van der Waals surface area contributed by atoms with Gasteiger partial charge in [-0.25, -0.2) is 8.42 Å². The molecule has 0 rings (SSSR count). The fourth-order valence-corrected chi connectivity index (χ4v) is 4.84. The van der Waals surface area contributed by atoms with Crippen LogP contribution in [0.2, 0.25) is 0 Å². The van der Waals surface area contributed by atoms with Gasteiger partial charge < -0.3 is 9.66 Å². The summed E-state index contributed by atoms with van der Waals surface area (Å²) in [6.07, 6.45) is 21.4. The fraction of sp³-hybridized carbons (Fsp3) is 1.00. The summed E-state index contributed by atoms with van der Waals surface area (Å²) in [7, 11) is -4.24. The van der Waals surface area contributed by atoms with Crippen LogP contribution in [0.4, 0.5) is 0 Å². The largest absolute Gasteiger partial charge is 1.00 e. The molecule has 0 aromatic heterocycles. The van der Waals surface area contributed by atoms with E-state index in [1.807, 2.05) is 6.92 Å². The minimum Gasteiger partial charge on any atom is -0.748 e. The second-order valence-corrected chi connectivity index (χ2v) is 10.5. The maximum atomic E-state index is 11.3. The van der Waals surface area contributed by atoms with Crippen molar-refractivity contribution in [3.05, 3.63) is 0 Å². The summed E-state index contributed by atoms with van der Waals surface area (Å²) < 4.78 is 33.9. The van der Waals surface area contributed by atoms with Crippen LogP contribution in [0.3, 0.4) is 0 Å². The van der Waals surface area contributed by atoms with Crippen molar-refractivity contribution >= 4 is 10.1 Å². The van der Waals surface area contributed by atoms with E-state index in [9.17, 15) is 18.1 Å². The van der Waals surface area contributed by atoms with Crippen LogP contribution in [0, 0.1) is 0 Å². The van der Waals surface area contributed by atoms with E-state index in [1.165, 1.54) is 77.0 Å². The summed E-state index contributed by atoms with van der Waals surface area (Å²) in [6, 6.07) is 0. The molecule has 0 spiro atoms. The first-order chi connectivity index (χ1) is 13.9. The normalized spacial score (nSPS) is 13.7. The molecule has 2 unspecified atom stereocenters. The Bertz CT molecular complexity index is 442. The van der Waals surface area contributed by atoms with Crippen molar-refractivity contribution in [1.82, 2.24) is 0 Å². The topological polar surface area (TPSA) is 77.4 Å². The van der Waals surface area contributed by atoms with Crippen LogP contribution in [0.25, 0.3) is 0 Å². The van der Waals surface area contributed by atoms with Gasteiger partial charge in [-0.05, 0) is 25.7 Å². The maximum Gasteiger partial charge on any atom is 1.00 e. The van der Waals surface area contributed by atoms with E-state index in [1.54, 1.807) is 0 Å². The Labute approximate surface area is 210 Å². The zero-order valence-corrected chi connectivity index (χ0v) is 23.2. The average Bonchev–Trinajstić information content (AvgIpc) is 2.67. The van der Waals surface area contributed by atoms with Gasteiger partial charge in [0.15, 0.2) is 0 Å². The third-order valence-corrected chi connectivity index (χ3v) is 7.29. The molecule has 0 saturated heterocycles. The monoisotopic (exact) mass is 456 g/mol. The first-order valence-electron chi connectivity index (χ1n) is 12.5. The molecule has 0 aliphatic carbocycles. The van der Waals surface area contributed by atoms with Crippen molar-refractivity contribution in [3.63, 3.8) is 0 Å². The minimum absolute atomic E-state index is 0. The minimum atomic E-state index is -4.24. The van der Waals surface area contributed by atoms with Crippen LogP contribution in [0.15, 0.2) is 0 Å². The molecule has 0 aliphatic heterocycles. The fourth-order valence-electron chi connectivity index (χ4n) is 3.96. The molecule has 0 aromatic rings. The predicted molar refractivity (Wildman–Crippen MR) is 123 cm³/mol. The van der Waals surface area contributed by atoms with Gasteiger partial charge in [0.2, 0.25) is 0 Å². The van der Waals surface area contributed by atoms with Gasteiger partial charge in [-0.15, -0.1) is 0 Å². The van der Waals surface area contributed by atoms with Gasteiger partial charge in [-0.3, -0.25) is 0 Å². The number of hydrogen-bond acceptors (Lipinski definition) is 4. The Morgan fingerprint density at radius 1 is 0.600 bits per heavy atom. The van der Waals surface area contributed by atoms with E-state index < -0.39 is 21.5 Å². The Hall–Kier alpha value is 0.870.